The molecule has 2 rings (SSSR count). The van der Waals surface area contributed by atoms with E-state index < -0.39 is 16.4 Å². The fraction of sp³-hybridized carbons (Fsp3) is 0.778. The summed E-state index contributed by atoms with van der Waals surface area (Å²) in [6.45, 7) is 5.34. The summed E-state index contributed by atoms with van der Waals surface area (Å²) in [4.78, 5) is 24.2. The number of rotatable bonds is 1. The van der Waals surface area contributed by atoms with Gasteiger partial charge in [0.25, 0.3) is 0 Å². The third-order valence-corrected chi connectivity index (χ3v) is 5.11. The highest BCUT2D eigenvalue weighted by Gasteiger charge is 2.70. The number of carbonyl (C=O) groups excluding carboxylic acids is 1. The van der Waals surface area contributed by atoms with Gasteiger partial charge in [-0.1, -0.05) is 6.92 Å². The first kappa shape index (κ1) is 10.8. The second-order valence-corrected chi connectivity index (χ2v) is 6.33. The van der Waals surface area contributed by atoms with Crippen LogP contribution in [0.5, 0.6) is 0 Å². The zero-order valence-electron chi connectivity index (χ0n) is 8.85. The largest absolute Gasteiger partial charge is 0.478 e. The van der Waals surface area contributed by atoms with Crippen LogP contribution in [-0.4, -0.2) is 37.7 Å². The SMILES string of the molecule is C[C@@H]1C(=O)N2[C@@H]1SC(C)(C)[C@]2(N)C(=O)O. The standard InChI is InChI=1S/C9H14N2O3S/c1-4-5(12)11-6(4)15-8(2,3)9(11,10)7(13)14/h4,6H,10H2,1-3H3,(H,13,14)/t4-,6-,9+/m1/s1. The molecule has 0 unspecified atom stereocenters. The molecule has 0 aromatic rings. The minimum atomic E-state index is -1.58. The molecule has 0 radical (unpaired) electrons. The minimum absolute atomic E-state index is 0.0893. The Morgan fingerprint density at radius 2 is 2.13 bits per heavy atom. The summed E-state index contributed by atoms with van der Waals surface area (Å²) in [7, 11) is 0. The molecule has 2 heterocycles. The lowest BCUT2D eigenvalue weighted by Crippen LogP contribution is -2.74. The maximum absolute atomic E-state index is 11.6. The molecule has 5 nitrogen and oxygen atoms in total. The monoisotopic (exact) mass is 230 g/mol. The third-order valence-electron chi connectivity index (χ3n) is 3.35. The summed E-state index contributed by atoms with van der Waals surface area (Å²) in [6.07, 6.45) is 0. The van der Waals surface area contributed by atoms with Crippen LogP contribution in [-0.2, 0) is 9.59 Å². The molecule has 2 aliphatic heterocycles. The van der Waals surface area contributed by atoms with E-state index in [9.17, 15) is 14.7 Å². The van der Waals surface area contributed by atoms with Crippen molar-refractivity contribution in [2.24, 2.45) is 11.7 Å². The molecule has 3 atom stereocenters. The van der Waals surface area contributed by atoms with Crippen molar-refractivity contribution in [3.8, 4) is 0 Å². The van der Waals surface area contributed by atoms with E-state index in [2.05, 4.69) is 0 Å². The molecule has 0 bridgehead atoms. The van der Waals surface area contributed by atoms with Gasteiger partial charge in [-0.05, 0) is 13.8 Å². The van der Waals surface area contributed by atoms with Gasteiger partial charge in [0.15, 0.2) is 0 Å². The molecule has 15 heavy (non-hydrogen) atoms. The van der Waals surface area contributed by atoms with Crippen molar-refractivity contribution in [1.29, 1.82) is 0 Å². The summed E-state index contributed by atoms with van der Waals surface area (Å²) in [5, 5.41) is 9.11. The van der Waals surface area contributed by atoms with Crippen LogP contribution in [0.25, 0.3) is 0 Å². The van der Waals surface area contributed by atoms with Crippen LogP contribution < -0.4 is 5.73 Å². The first-order valence-corrected chi connectivity index (χ1v) is 5.64. The predicted octanol–water partition coefficient (Wildman–Crippen LogP) is 0.0558. The van der Waals surface area contributed by atoms with Crippen molar-refractivity contribution in [3.63, 3.8) is 0 Å². The van der Waals surface area contributed by atoms with Gasteiger partial charge in [-0.25, -0.2) is 4.79 Å². The Morgan fingerprint density at radius 1 is 1.60 bits per heavy atom. The van der Waals surface area contributed by atoms with Crippen LogP contribution >= 0.6 is 11.8 Å². The predicted molar refractivity (Wildman–Crippen MR) is 56.0 cm³/mol. The number of aliphatic carboxylic acids is 1. The summed E-state index contributed by atoms with van der Waals surface area (Å²) in [6, 6.07) is 0. The van der Waals surface area contributed by atoms with Crippen molar-refractivity contribution in [1.82, 2.24) is 4.90 Å². The molecule has 84 valence electrons. The number of nitrogens with two attached hydrogens (primary N) is 1. The highest BCUT2D eigenvalue weighted by Crippen LogP contribution is 2.56. The lowest BCUT2D eigenvalue weighted by atomic mass is 9.88. The topological polar surface area (TPSA) is 83.6 Å². The van der Waals surface area contributed by atoms with E-state index in [4.69, 9.17) is 5.73 Å². The van der Waals surface area contributed by atoms with Crippen molar-refractivity contribution in [3.05, 3.63) is 0 Å². The Bertz CT molecular complexity index is 357. The minimum Gasteiger partial charge on any atom is -0.478 e. The van der Waals surface area contributed by atoms with Gasteiger partial charge in [-0.3, -0.25) is 10.5 Å². The molecule has 6 heteroatoms. The first-order valence-electron chi connectivity index (χ1n) is 4.77. The van der Waals surface area contributed by atoms with E-state index in [1.807, 2.05) is 0 Å². The van der Waals surface area contributed by atoms with E-state index in [0.717, 1.165) is 0 Å². The molecule has 0 spiro atoms. The number of carboxylic acids is 1. The number of hydrogen-bond acceptors (Lipinski definition) is 4. The fourth-order valence-corrected chi connectivity index (χ4v) is 3.85. The fourth-order valence-electron chi connectivity index (χ4n) is 2.18. The first-order chi connectivity index (χ1) is 6.73. The number of fused-ring (bicyclic) bond motifs is 1. The Kier molecular flexibility index (Phi) is 1.92. The maximum atomic E-state index is 11.6. The number of β-lactam (4-membered cyclic amide) rings is 1. The number of thioether (sulfide) groups is 1. The van der Waals surface area contributed by atoms with Crippen LogP contribution in [0.1, 0.15) is 20.8 Å². The van der Waals surface area contributed by atoms with Gasteiger partial charge >= 0.3 is 5.97 Å². The van der Waals surface area contributed by atoms with Crippen LogP contribution in [0.3, 0.4) is 0 Å². The van der Waals surface area contributed by atoms with Crippen LogP contribution in [0.4, 0.5) is 0 Å². The summed E-state index contributed by atoms with van der Waals surface area (Å²) < 4.78 is -0.663. The second-order valence-electron chi connectivity index (χ2n) is 4.59. The third kappa shape index (κ3) is 0.986. The molecule has 0 aromatic heterocycles. The van der Waals surface area contributed by atoms with Gasteiger partial charge in [0.1, 0.15) is 0 Å². The summed E-state index contributed by atoms with van der Waals surface area (Å²) in [5.74, 6) is -1.43. The number of hydrogen-bond donors (Lipinski definition) is 2. The van der Waals surface area contributed by atoms with Crippen molar-refractivity contribution in [2.45, 2.75) is 36.6 Å². The molecule has 0 saturated carbocycles. The van der Waals surface area contributed by atoms with Crippen molar-refractivity contribution >= 4 is 23.6 Å². The molecular formula is C9H14N2O3S. The summed E-state index contributed by atoms with van der Waals surface area (Å²) >= 11 is 1.46. The Hall–Kier alpha value is -0.750. The van der Waals surface area contributed by atoms with Gasteiger partial charge in [-0.15, -0.1) is 11.8 Å². The zero-order valence-corrected chi connectivity index (χ0v) is 9.67. The molecule has 2 fully saturated rings. The Morgan fingerprint density at radius 3 is 2.60 bits per heavy atom. The summed E-state index contributed by atoms with van der Waals surface area (Å²) in [5.41, 5.74) is 4.32. The second kappa shape index (κ2) is 2.68. The molecular weight excluding hydrogens is 216 g/mol. The molecule has 2 aliphatic rings. The smallest absolute Gasteiger partial charge is 0.346 e. The molecule has 1 amide bonds. The van der Waals surface area contributed by atoms with E-state index >= 15 is 0 Å². The molecule has 0 aliphatic carbocycles. The van der Waals surface area contributed by atoms with Crippen LogP contribution in [0, 0.1) is 5.92 Å². The highest BCUT2D eigenvalue weighted by atomic mass is 32.2. The lowest BCUT2D eigenvalue weighted by molar-refractivity contribution is -0.173. The van der Waals surface area contributed by atoms with E-state index in [0.29, 0.717) is 0 Å². The van der Waals surface area contributed by atoms with Crippen molar-refractivity contribution < 1.29 is 14.7 Å². The maximum Gasteiger partial charge on any atom is 0.346 e. The molecule has 0 aromatic carbocycles. The molecule has 2 saturated heterocycles. The van der Waals surface area contributed by atoms with Crippen LogP contribution in [0.2, 0.25) is 0 Å². The van der Waals surface area contributed by atoms with Gasteiger partial charge in [-0.2, -0.15) is 0 Å². The molecule has 3 N–H and O–H groups in total. The van der Waals surface area contributed by atoms with Gasteiger partial charge in [0.05, 0.1) is 16.0 Å². The number of carboxylic acid groups (broad SMARTS) is 1. The normalized spacial score (nSPS) is 42.4. The average Bonchev–Trinajstić information content (AvgIpc) is 2.33. The Balaban J connectivity index is 2.46. The van der Waals surface area contributed by atoms with E-state index in [1.165, 1.54) is 16.7 Å². The number of nitrogens with zero attached hydrogens (tertiary/aromatic N) is 1. The Labute approximate surface area is 92.0 Å². The van der Waals surface area contributed by atoms with Gasteiger partial charge < -0.3 is 10.0 Å². The van der Waals surface area contributed by atoms with Gasteiger partial charge in [0, 0.05) is 0 Å². The highest BCUT2D eigenvalue weighted by molar-refractivity contribution is 8.01. The van der Waals surface area contributed by atoms with Gasteiger partial charge in [0.2, 0.25) is 11.6 Å². The average molecular weight is 230 g/mol. The van der Waals surface area contributed by atoms with Crippen molar-refractivity contribution in [2.75, 3.05) is 0 Å². The lowest BCUT2D eigenvalue weighted by Gasteiger charge is -2.46. The number of carbonyl (C=O) groups is 2. The van der Waals surface area contributed by atoms with E-state index in [1.54, 1.807) is 20.8 Å². The van der Waals surface area contributed by atoms with Crippen LogP contribution in [0.15, 0.2) is 0 Å². The quantitative estimate of drug-likeness (QED) is 0.622. The number of amides is 1. The van der Waals surface area contributed by atoms with E-state index in [-0.39, 0.29) is 17.2 Å². The zero-order chi connectivity index (χ0) is 11.6.